The Kier molecular flexibility index (Phi) is 5.67. The van der Waals surface area contributed by atoms with Gasteiger partial charge in [0.2, 0.25) is 0 Å². The Labute approximate surface area is 179 Å². The van der Waals surface area contributed by atoms with E-state index >= 15 is 0 Å². The summed E-state index contributed by atoms with van der Waals surface area (Å²) in [5, 5.41) is 9.13. The number of anilines is 1. The quantitative estimate of drug-likeness (QED) is 0.593. The maximum atomic E-state index is 13.8. The van der Waals surface area contributed by atoms with Crippen molar-refractivity contribution < 1.29 is 18.0 Å². The zero-order valence-electron chi connectivity index (χ0n) is 15.9. The molecule has 5 nitrogen and oxygen atoms in total. The van der Waals surface area contributed by atoms with E-state index in [1.807, 2.05) is 17.5 Å². The van der Waals surface area contributed by atoms with Crippen molar-refractivity contribution in [2.45, 2.75) is 62.8 Å². The van der Waals surface area contributed by atoms with Gasteiger partial charge in [0.15, 0.2) is 11.7 Å². The summed E-state index contributed by atoms with van der Waals surface area (Å²) >= 11 is 4.77. The Morgan fingerprint density at radius 2 is 2.07 bits per heavy atom. The van der Waals surface area contributed by atoms with Gasteiger partial charge in [0.1, 0.15) is 5.82 Å². The van der Waals surface area contributed by atoms with Gasteiger partial charge in [-0.25, -0.2) is 4.68 Å². The average molecular weight is 491 g/mol. The van der Waals surface area contributed by atoms with E-state index in [1.165, 1.54) is 11.3 Å². The number of amides is 1. The van der Waals surface area contributed by atoms with Crippen LogP contribution in [0.5, 0.6) is 0 Å². The van der Waals surface area contributed by atoms with Crippen LogP contribution >= 0.6 is 27.3 Å². The SMILES string of the molecule is CN(C(=O)c1nn2c(c1Br)N[C@@H](c1cccs1)C[C@H]2C(F)(F)F)C1CCCCC1. The first-order valence-corrected chi connectivity index (χ1v) is 11.4. The molecule has 0 spiro atoms. The molecule has 1 saturated carbocycles. The molecule has 3 heterocycles. The van der Waals surface area contributed by atoms with Crippen molar-refractivity contribution in [2.24, 2.45) is 0 Å². The van der Waals surface area contributed by atoms with Crippen LogP contribution in [-0.4, -0.2) is 39.9 Å². The number of fused-ring (bicyclic) bond motifs is 1. The third-order valence-corrected chi connectivity index (χ3v) is 7.56. The number of carbonyl (C=O) groups is 1. The van der Waals surface area contributed by atoms with Crippen molar-refractivity contribution in [3.05, 3.63) is 32.6 Å². The van der Waals surface area contributed by atoms with Crippen LogP contribution < -0.4 is 5.32 Å². The third-order valence-electron chi connectivity index (χ3n) is 5.83. The van der Waals surface area contributed by atoms with Crippen molar-refractivity contribution in [1.29, 1.82) is 0 Å². The van der Waals surface area contributed by atoms with Crippen LogP contribution in [0.4, 0.5) is 19.0 Å². The van der Waals surface area contributed by atoms with Gasteiger partial charge in [0, 0.05) is 24.4 Å². The summed E-state index contributed by atoms with van der Waals surface area (Å²) in [6.45, 7) is 0. The molecule has 2 atom stereocenters. The van der Waals surface area contributed by atoms with E-state index in [0.29, 0.717) is 4.47 Å². The highest BCUT2D eigenvalue weighted by Crippen LogP contribution is 2.47. The number of nitrogens with one attached hydrogen (secondary N) is 1. The maximum Gasteiger partial charge on any atom is 0.410 e. The van der Waals surface area contributed by atoms with Crippen LogP contribution in [0, 0.1) is 0 Å². The topological polar surface area (TPSA) is 50.2 Å². The van der Waals surface area contributed by atoms with Gasteiger partial charge in [-0.15, -0.1) is 11.3 Å². The van der Waals surface area contributed by atoms with Crippen LogP contribution in [0.15, 0.2) is 22.0 Å². The molecule has 10 heteroatoms. The molecule has 2 aromatic heterocycles. The highest BCUT2D eigenvalue weighted by atomic mass is 79.9. The van der Waals surface area contributed by atoms with E-state index < -0.39 is 18.3 Å². The van der Waals surface area contributed by atoms with Gasteiger partial charge in [-0.2, -0.15) is 18.3 Å². The summed E-state index contributed by atoms with van der Waals surface area (Å²) in [4.78, 5) is 15.5. The number of nitrogens with zero attached hydrogens (tertiary/aromatic N) is 3. The lowest BCUT2D eigenvalue weighted by Crippen LogP contribution is -2.39. The fraction of sp³-hybridized carbons (Fsp3) is 0.579. The first kappa shape index (κ1) is 20.7. The molecule has 1 N–H and O–H groups in total. The zero-order valence-corrected chi connectivity index (χ0v) is 18.3. The third kappa shape index (κ3) is 3.93. The minimum atomic E-state index is -4.46. The summed E-state index contributed by atoms with van der Waals surface area (Å²) in [6.07, 6.45) is 0.466. The van der Waals surface area contributed by atoms with E-state index in [-0.39, 0.29) is 29.9 Å². The van der Waals surface area contributed by atoms with Crippen molar-refractivity contribution in [1.82, 2.24) is 14.7 Å². The summed E-state index contributed by atoms with van der Waals surface area (Å²) in [5.41, 5.74) is 0.0293. The van der Waals surface area contributed by atoms with E-state index in [0.717, 1.165) is 41.7 Å². The molecule has 1 aliphatic carbocycles. The van der Waals surface area contributed by atoms with Gasteiger partial charge in [0.05, 0.1) is 10.5 Å². The molecular formula is C19H22BrF3N4OS. The number of thiophene rings is 1. The molecule has 1 amide bonds. The molecule has 0 unspecified atom stereocenters. The second-order valence-electron chi connectivity index (χ2n) is 7.67. The number of carbonyl (C=O) groups excluding carboxylic acids is 1. The molecule has 158 valence electrons. The lowest BCUT2D eigenvalue weighted by atomic mass is 9.94. The molecule has 0 aromatic carbocycles. The van der Waals surface area contributed by atoms with Gasteiger partial charge in [-0.3, -0.25) is 4.79 Å². The van der Waals surface area contributed by atoms with E-state index in [9.17, 15) is 18.0 Å². The molecule has 0 radical (unpaired) electrons. The Bertz CT molecular complexity index is 877. The fourth-order valence-electron chi connectivity index (χ4n) is 4.20. The minimum Gasteiger partial charge on any atom is -0.362 e. The predicted molar refractivity (Wildman–Crippen MR) is 109 cm³/mol. The molecule has 0 bridgehead atoms. The summed E-state index contributed by atoms with van der Waals surface area (Å²) in [5.74, 6) is -0.140. The van der Waals surface area contributed by atoms with Crippen LogP contribution in [0.3, 0.4) is 0 Å². The van der Waals surface area contributed by atoms with Crippen molar-refractivity contribution in [3.8, 4) is 0 Å². The van der Waals surface area contributed by atoms with Crippen LogP contribution in [-0.2, 0) is 0 Å². The van der Waals surface area contributed by atoms with Gasteiger partial charge in [-0.1, -0.05) is 25.3 Å². The summed E-state index contributed by atoms with van der Waals surface area (Å²) in [7, 11) is 1.71. The van der Waals surface area contributed by atoms with Gasteiger partial charge >= 0.3 is 6.18 Å². The molecule has 1 fully saturated rings. The number of alkyl halides is 3. The molecule has 2 aliphatic rings. The molecular weight excluding hydrogens is 469 g/mol. The largest absolute Gasteiger partial charge is 0.410 e. The van der Waals surface area contributed by atoms with Crippen molar-refractivity contribution >= 4 is 39.0 Å². The first-order chi connectivity index (χ1) is 13.8. The lowest BCUT2D eigenvalue weighted by Gasteiger charge is -2.33. The van der Waals surface area contributed by atoms with Crippen molar-refractivity contribution in [2.75, 3.05) is 12.4 Å². The molecule has 0 saturated heterocycles. The van der Waals surface area contributed by atoms with Crippen LogP contribution in [0.2, 0.25) is 0 Å². The second-order valence-corrected chi connectivity index (χ2v) is 9.44. The minimum absolute atomic E-state index is 0.0293. The van der Waals surface area contributed by atoms with E-state index in [4.69, 9.17) is 0 Å². The standard InChI is InChI=1S/C19H22BrF3N4OS/c1-26(11-6-3-2-4-7-11)18(28)16-15(20)17-24-12(13-8-5-9-29-13)10-14(19(21,22)23)27(17)25-16/h5,8-9,11-12,14,24H,2-4,6-7,10H2,1H3/t12-,14+/m1/s1. The second kappa shape index (κ2) is 7.94. The molecule has 4 rings (SSSR count). The Morgan fingerprint density at radius 1 is 1.34 bits per heavy atom. The smallest absolute Gasteiger partial charge is 0.362 e. The van der Waals surface area contributed by atoms with Gasteiger partial charge in [0.25, 0.3) is 5.91 Å². The lowest BCUT2D eigenvalue weighted by molar-refractivity contribution is -0.173. The average Bonchev–Trinajstić information content (AvgIpc) is 3.35. The zero-order chi connectivity index (χ0) is 20.8. The Balaban J connectivity index is 1.68. The summed E-state index contributed by atoms with van der Waals surface area (Å²) < 4.78 is 42.7. The van der Waals surface area contributed by atoms with Crippen LogP contribution in [0.1, 0.15) is 66.0 Å². The Hall–Kier alpha value is -1.55. The maximum absolute atomic E-state index is 13.8. The molecule has 2 aromatic rings. The number of hydrogen-bond donors (Lipinski definition) is 1. The number of rotatable bonds is 3. The summed E-state index contributed by atoms with van der Waals surface area (Å²) in [6, 6.07) is 1.47. The molecule has 29 heavy (non-hydrogen) atoms. The van der Waals surface area contributed by atoms with Crippen molar-refractivity contribution in [3.63, 3.8) is 0 Å². The fourth-order valence-corrected chi connectivity index (χ4v) is 5.54. The highest BCUT2D eigenvalue weighted by molar-refractivity contribution is 9.10. The molecule has 1 aliphatic heterocycles. The predicted octanol–water partition coefficient (Wildman–Crippen LogP) is 5.77. The Morgan fingerprint density at radius 3 is 2.69 bits per heavy atom. The van der Waals surface area contributed by atoms with E-state index in [1.54, 1.807) is 11.9 Å². The highest BCUT2D eigenvalue weighted by Gasteiger charge is 2.48. The van der Waals surface area contributed by atoms with Crippen LogP contribution in [0.25, 0.3) is 0 Å². The number of hydrogen-bond acceptors (Lipinski definition) is 4. The first-order valence-electron chi connectivity index (χ1n) is 9.69. The number of aromatic nitrogens is 2. The van der Waals surface area contributed by atoms with Gasteiger partial charge < -0.3 is 10.2 Å². The van der Waals surface area contributed by atoms with Gasteiger partial charge in [-0.05, 0) is 40.2 Å². The number of halogens is 4. The monoisotopic (exact) mass is 490 g/mol. The normalized spacial score (nSPS) is 22.8. The van der Waals surface area contributed by atoms with E-state index in [2.05, 4.69) is 26.3 Å².